The second kappa shape index (κ2) is 7.58. The van der Waals surface area contributed by atoms with Crippen LogP contribution in [-0.2, 0) is 21.2 Å². The van der Waals surface area contributed by atoms with Crippen molar-refractivity contribution in [1.29, 1.82) is 0 Å². The number of aromatic amines is 2. The topological polar surface area (TPSA) is 115 Å². The highest BCUT2D eigenvalue weighted by Crippen LogP contribution is 2.17. The number of nitrogens with zero attached hydrogens (tertiary/aromatic N) is 4. The maximum Gasteiger partial charge on any atom is 0.260 e. The number of imidazole rings is 1. The molecule has 1 aliphatic rings. The van der Waals surface area contributed by atoms with E-state index in [1.54, 1.807) is 4.90 Å². The fraction of sp³-hybridized carbons (Fsp3) is 0.562. The molecular formula is C16H24N6O3S. The molecule has 2 aromatic rings. The van der Waals surface area contributed by atoms with Crippen LogP contribution < -0.4 is 0 Å². The number of carbonyl (C=O) groups excluding carboxylic acids is 1. The minimum atomic E-state index is -3.59. The summed E-state index contributed by atoms with van der Waals surface area (Å²) < 4.78 is 26.6. The molecule has 2 N–H and O–H groups in total. The van der Waals surface area contributed by atoms with Crippen LogP contribution in [0, 0.1) is 13.8 Å². The van der Waals surface area contributed by atoms with Gasteiger partial charge >= 0.3 is 0 Å². The molecule has 3 heterocycles. The lowest BCUT2D eigenvalue weighted by atomic mass is 10.1. The third-order valence-corrected chi connectivity index (χ3v) is 6.59. The molecule has 26 heavy (non-hydrogen) atoms. The standard InChI is InChI=1S/C16H24N6O3S/c1-12-14(13(2)20-19-12)4-5-16(23)21-6-3-7-22(9-8-21)26(24,25)15-10-17-11-18-15/h10-11H,3-9H2,1-2H3,(H,17,18)(H,19,20). The Hall–Kier alpha value is -2.20. The van der Waals surface area contributed by atoms with Crippen LogP contribution in [0.4, 0.5) is 0 Å². The molecule has 2 aromatic heterocycles. The molecule has 1 aliphatic heterocycles. The summed E-state index contributed by atoms with van der Waals surface area (Å²) in [6, 6.07) is 0. The third kappa shape index (κ3) is 3.80. The van der Waals surface area contributed by atoms with Crippen molar-refractivity contribution in [3.05, 3.63) is 29.5 Å². The number of nitrogens with one attached hydrogen (secondary N) is 2. The van der Waals surface area contributed by atoms with Gasteiger partial charge in [0.15, 0.2) is 5.03 Å². The number of aryl methyl sites for hydroxylation is 2. The number of hydrogen-bond donors (Lipinski definition) is 2. The van der Waals surface area contributed by atoms with Gasteiger partial charge in [-0.2, -0.15) is 9.40 Å². The Morgan fingerprint density at radius 2 is 2.04 bits per heavy atom. The number of carbonyl (C=O) groups is 1. The Labute approximate surface area is 152 Å². The fourth-order valence-corrected chi connectivity index (χ4v) is 4.60. The van der Waals surface area contributed by atoms with E-state index in [9.17, 15) is 13.2 Å². The highest BCUT2D eigenvalue weighted by molar-refractivity contribution is 7.89. The number of hydrogen-bond acceptors (Lipinski definition) is 5. The zero-order valence-electron chi connectivity index (χ0n) is 15.0. The molecule has 0 spiro atoms. The lowest BCUT2D eigenvalue weighted by Gasteiger charge is -2.21. The molecule has 0 aromatic carbocycles. The van der Waals surface area contributed by atoms with Crippen LogP contribution in [0.25, 0.3) is 0 Å². The van der Waals surface area contributed by atoms with E-state index in [0.29, 0.717) is 38.9 Å². The van der Waals surface area contributed by atoms with Crippen LogP contribution in [0.5, 0.6) is 0 Å². The van der Waals surface area contributed by atoms with Crippen LogP contribution in [0.15, 0.2) is 17.6 Å². The first-order valence-corrected chi connectivity index (χ1v) is 10.1. The van der Waals surface area contributed by atoms with Crippen molar-refractivity contribution in [2.24, 2.45) is 0 Å². The van der Waals surface area contributed by atoms with Crippen LogP contribution in [-0.4, -0.2) is 69.9 Å². The van der Waals surface area contributed by atoms with Gasteiger partial charge in [-0.15, -0.1) is 0 Å². The average Bonchev–Trinajstić information content (AvgIpc) is 3.17. The van der Waals surface area contributed by atoms with Crippen molar-refractivity contribution in [1.82, 2.24) is 29.4 Å². The summed E-state index contributed by atoms with van der Waals surface area (Å²) in [5.41, 5.74) is 2.99. The molecule has 0 radical (unpaired) electrons. The van der Waals surface area contributed by atoms with Crippen molar-refractivity contribution in [2.75, 3.05) is 26.2 Å². The van der Waals surface area contributed by atoms with Gasteiger partial charge in [0, 0.05) is 38.3 Å². The summed E-state index contributed by atoms with van der Waals surface area (Å²) in [7, 11) is -3.59. The maximum atomic E-state index is 12.6. The zero-order chi connectivity index (χ0) is 18.7. The van der Waals surface area contributed by atoms with Crippen molar-refractivity contribution in [2.45, 2.75) is 38.1 Å². The van der Waals surface area contributed by atoms with E-state index >= 15 is 0 Å². The van der Waals surface area contributed by atoms with Crippen LogP contribution >= 0.6 is 0 Å². The van der Waals surface area contributed by atoms with E-state index in [2.05, 4.69) is 20.2 Å². The quantitative estimate of drug-likeness (QED) is 0.788. The van der Waals surface area contributed by atoms with Gasteiger partial charge in [-0.1, -0.05) is 0 Å². The maximum absolute atomic E-state index is 12.6. The molecule has 0 bridgehead atoms. The Morgan fingerprint density at radius 1 is 1.23 bits per heavy atom. The summed E-state index contributed by atoms with van der Waals surface area (Å²) in [6.45, 7) is 5.52. The van der Waals surface area contributed by atoms with Crippen molar-refractivity contribution in [3.8, 4) is 0 Å². The summed E-state index contributed by atoms with van der Waals surface area (Å²) in [5, 5.41) is 7.17. The number of H-pyrrole nitrogens is 2. The monoisotopic (exact) mass is 380 g/mol. The zero-order valence-corrected chi connectivity index (χ0v) is 15.8. The Morgan fingerprint density at radius 3 is 2.69 bits per heavy atom. The predicted molar refractivity (Wildman–Crippen MR) is 94.9 cm³/mol. The summed E-state index contributed by atoms with van der Waals surface area (Å²) >= 11 is 0. The molecule has 9 nitrogen and oxygen atoms in total. The van der Waals surface area contributed by atoms with Crippen LogP contribution in [0.2, 0.25) is 0 Å². The van der Waals surface area contributed by atoms with Gasteiger partial charge in [0.25, 0.3) is 10.0 Å². The van der Waals surface area contributed by atoms with E-state index in [-0.39, 0.29) is 17.5 Å². The van der Waals surface area contributed by atoms with Gasteiger partial charge in [-0.05, 0) is 32.3 Å². The van der Waals surface area contributed by atoms with E-state index in [1.165, 1.54) is 16.8 Å². The Kier molecular flexibility index (Phi) is 5.42. The molecule has 0 unspecified atom stereocenters. The fourth-order valence-electron chi connectivity index (χ4n) is 3.24. The smallest absolute Gasteiger partial charge is 0.260 e. The van der Waals surface area contributed by atoms with Gasteiger partial charge in [-0.3, -0.25) is 9.89 Å². The van der Waals surface area contributed by atoms with E-state index in [4.69, 9.17) is 0 Å². The Bertz CT molecular complexity index is 839. The first kappa shape index (κ1) is 18.6. The predicted octanol–water partition coefficient (Wildman–Crippen LogP) is 0.605. The highest BCUT2D eigenvalue weighted by Gasteiger charge is 2.29. The lowest BCUT2D eigenvalue weighted by Crippen LogP contribution is -2.37. The van der Waals surface area contributed by atoms with Gasteiger partial charge in [0.05, 0.1) is 18.2 Å². The number of rotatable bonds is 5. The molecule has 1 saturated heterocycles. The van der Waals surface area contributed by atoms with E-state index in [0.717, 1.165) is 17.0 Å². The average molecular weight is 380 g/mol. The molecule has 0 saturated carbocycles. The molecule has 1 amide bonds. The molecule has 142 valence electrons. The number of amides is 1. The second-order valence-electron chi connectivity index (χ2n) is 6.47. The number of sulfonamides is 1. The van der Waals surface area contributed by atoms with E-state index < -0.39 is 10.0 Å². The first-order chi connectivity index (χ1) is 12.4. The summed E-state index contributed by atoms with van der Waals surface area (Å²) in [6.07, 6.45) is 4.30. The van der Waals surface area contributed by atoms with E-state index in [1.807, 2.05) is 13.8 Å². The largest absolute Gasteiger partial charge is 0.341 e. The molecular weight excluding hydrogens is 356 g/mol. The first-order valence-electron chi connectivity index (χ1n) is 8.66. The minimum Gasteiger partial charge on any atom is -0.341 e. The Balaban J connectivity index is 1.59. The SMILES string of the molecule is Cc1n[nH]c(C)c1CCC(=O)N1CCCN(S(=O)(=O)c2cnc[nH]2)CC1. The van der Waals surface area contributed by atoms with Gasteiger partial charge in [0.1, 0.15) is 0 Å². The highest BCUT2D eigenvalue weighted by atomic mass is 32.2. The summed E-state index contributed by atoms with van der Waals surface area (Å²) in [4.78, 5) is 20.7. The summed E-state index contributed by atoms with van der Waals surface area (Å²) in [5.74, 6) is 0.0470. The molecule has 0 atom stereocenters. The van der Waals surface area contributed by atoms with Gasteiger partial charge in [-0.25, -0.2) is 13.4 Å². The van der Waals surface area contributed by atoms with Crippen LogP contribution in [0.3, 0.4) is 0 Å². The molecule has 1 fully saturated rings. The normalized spacial score (nSPS) is 16.6. The molecule has 3 rings (SSSR count). The molecule has 10 heteroatoms. The number of aromatic nitrogens is 4. The van der Waals surface area contributed by atoms with Crippen molar-refractivity contribution >= 4 is 15.9 Å². The lowest BCUT2D eigenvalue weighted by molar-refractivity contribution is -0.131. The van der Waals surface area contributed by atoms with Crippen LogP contribution in [0.1, 0.15) is 29.8 Å². The molecule has 0 aliphatic carbocycles. The third-order valence-electron chi connectivity index (χ3n) is 4.77. The second-order valence-corrected chi connectivity index (χ2v) is 8.37. The van der Waals surface area contributed by atoms with Crippen molar-refractivity contribution < 1.29 is 13.2 Å². The van der Waals surface area contributed by atoms with Crippen molar-refractivity contribution in [3.63, 3.8) is 0 Å². The van der Waals surface area contributed by atoms with Gasteiger partial charge in [0.2, 0.25) is 5.91 Å². The minimum absolute atomic E-state index is 0.0470. The van der Waals surface area contributed by atoms with Gasteiger partial charge < -0.3 is 9.88 Å².